The Hall–Kier alpha value is -1.60. The Morgan fingerprint density at radius 1 is 1.09 bits per heavy atom. The minimum absolute atomic E-state index is 0.0744. The molecule has 0 aromatic carbocycles. The zero-order chi connectivity index (χ0) is 15.8. The van der Waals surface area contributed by atoms with Gasteiger partial charge in [-0.2, -0.15) is 5.10 Å². The normalized spacial score (nSPS) is 24.0. The van der Waals surface area contributed by atoms with E-state index in [9.17, 15) is 4.79 Å². The molecule has 23 heavy (non-hydrogen) atoms. The number of urea groups is 1. The molecule has 7 nitrogen and oxygen atoms in total. The maximum atomic E-state index is 12.0. The Morgan fingerprint density at radius 2 is 1.83 bits per heavy atom. The van der Waals surface area contributed by atoms with Crippen molar-refractivity contribution in [3.63, 3.8) is 0 Å². The predicted molar refractivity (Wildman–Crippen MR) is 88.8 cm³/mol. The Labute approximate surface area is 137 Å². The first-order valence-corrected chi connectivity index (χ1v) is 8.72. The van der Waals surface area contributed by atoms with Gasteiger partial charge in [0.05, 0.1) is 17.9 Å². The molecule has 3 saturated heterocycles. The number of carbonyl (C=O) groups is 1. The lowest BCUT2D eigenvalue weighted by molar-refractivity contribution is 0.0877. The Morgan fingerprint density at radius 3 is 2.52 bits per heavy atom. The molecule has 3 aliphatic rings. The lowest BCUT2D eigenvalue weighted by Crippen LogP contribution is -2.50. The van der Waals surface area contributed by atoms with Crippen LogP contribution < -0.4 is 4.90 Å². The molecular weight excluding hydrogens is 292 g/mol. The van der Waals surface area contributed by atoms with Gasteiger partial charge in [0, 0.05) is 52.5 Å². The van der Waals surface area contributed by atoms with Crippen molar-refractivity contribution >= 4 is 11.7 Å². The van der Waals surface area contributed by atoms with Crippen LogP contribution in [-0.2, 0) is 0 Å². The van der Waals surface area contributed by atoms with E-state index in [4.69, 9.17) is 0 Å². The number of aromatic nitrogens is 2. The van der Waals surface area contributed by atoms with E-state index in [1.54, 1.807) is 4.90 Å². The molecule has 4 heterocycles. The second-order valence-corrected chi connectivity index (χ2v) is 7.00. The Bertz CT molecular complexity index is 561. The minimum atomic E-state index is 0.0744. The summed E-state index contributed by atoms with van der Waals surface area (Å²) in [6.07, 6.45) is 6.58. The highest BCUT2D eigenvalue weighted by Crippen LogP contribution is 2.25. The molecule has 0 radical (unpaired) electrons. The van der Waals surface area contributed by atoms with E-state index in [0.29, 0.717) is 6.04 Å². The first-order valence-electron chi connectivity index (χ1n) is 8.72. The van der Waals surface area contributed by atoms with Crippen LogP contribution in [0.5, 0.6) is 0 Å². The maximum absolute atomic E-state index is 12.0. The fourth-order valence-corrected chi connectivity index (χ4v) is 3.74. The highest BCUT2D eigenvalue weighted by molar-refractivity contribution is 5.93. The van der Waals surface area contributed by atoms with Gasteiger partial charge in [0.2, 0.25) is 0 Å². The Kier molecular flexibility index (Phi) is 3.98. The number of hydrogen-bond acceptors (Lipinski definition) is 4. The van der Waals surface area contributed by atoms with Gasteiger partial charge in [-0.15, -0.1) is 0 Å². The standard InChI is InChI=1S/C16H26N6O/c1-18-6-9-21(16(18)23)14-10-17-22(13-14)15-11-20(12-15)8-7-19-4-2-3-5-19/h10,13,15H,2-9,11-12H2,1H3. The van der Waals surface area contributed by atoms with Gasteiger partial charge in [-0.3, -0.25) is 14.5 Å². The Balaban J connectivity index is 1.27. The number of amides is 2. The third-order valence-electron chi connectivity index (χ3n) is 5.36. The van der Waals surface area contributed by atoms with Gasteiger partial charge in [0.25, 0.3) is 0 Å². The fourth-order valence-electron chi connectivity index (χ4n) is 3.74. The summed E-state index contributed by atoms with van der Waals surface area (Å²) in [5, 5.41) is 4.48. The summed E-state index contributed by atoms with van der Waals surface area (Å²) >= 11 is 0. The van der Waals surface area contributed by atoms with Gasteiger partial charge in [-0.25, -0.2) is 4.79 Å². The maximum Gasteiger partial charge on any atom is 0.324 e. The minimum Gasteiger partial charge on any atom is -0.326 e. The van der Waals surface area contributed by atoms with Crippen LogP contribution in [0.3, 0.4) is 0 Å². The van der Waals surface area contributed by atoms with Gasteiger partial charge in [-0.05, 0) is 25.9 Å². The van der Waals surface area contributed by atoms with Crippen LogP contribution in [0, 0.1) is 0 Å². The summed E-state index contributed by atoms with van der Waals surface area (Å²) in [4.78, 5) is 20.7. The molecule has 3 aliphatic heterocycles. The summed E-state index contributed by atoms with van der Waals surface area (Å²) in [6.45, 7) is 8.61. The molecule has 3 fully saturated rings. The third-order valence-corrected chi connectivity index (χ3v) is 5.36. The molecule has 126 valence electrons. The number of carbonyl (C=O) groups excluding carboxylic acids is 1. The van der Waals surface area contributed by atoms with E-state index in [-0.39, 0.29) is 6.03 Å². The molecule has 0 atom stereocenters. The number of anilines is 1. The van der Waals surface area contributed by atoms with Gasteiger partial charge >= 0.3 is 6.03 Å². The summed E-state index contributed by atoms with van der Waals surface area (Å²) in [5.41, 5.74) is 0.926. The topological polar surface area (TPSA) is 47.9 Å². The van der Waals surface area contributed by atoms with Gasteiger partial charge < -0.3 is 9.80 Å². The van der Waals surface area contributed by atoms with Crippen LogP contribution in [0.2, 0.25) is 0 Å². The van der Waals surface area contributed by atoms with Crippen LogP contribution in [-0.4, -0.2) is 89.9 Å². The average Bonchev–Trinajstić information content (AvgIpc) is 3.21. The molecule has 1 aromatic heterocycles. The summed E-state index contributed by atoms with van der Waals surface area (Å²) in [5.74, 6) is 0. The van der Waals surface area contributed by atoms with E-state index >= 15 is 0 Å². The monoisotopic (exact) mass is 318 g/mol. The number of likely N-dealkylation sites (N-methyl/N-ethyl adjacent to an activating group) is 1. The second-order valence-electron chi connectivity index (χ2n) is 7.00. The third kappa shape index (κ3) is 2.95. The van der Waals surface area contributed by atoms with Crippen molar-refractivity contribution in [3.8, 4) is 0 Å². The summed E-state index contributed by atoms with van der Waals surface area (Å²) < 4.78 is 2.04. The van der Waals surface area contributed by atoms with Crippen molar-refractivity contribution in [3.05, 3.63) is 12.4 Å². The molecule has 2 amide bonds. The first-order chi connectivity index (χ1) is 11.2. The zero-order valence-corrected chi connectivity index (χ0v) is 13.9. The zero-order valence-electron chi connectivity index (χ0n) is 13.9. The molecule has 0 saturated carbocycles. The first kappa shape index (κ1) is 15.0. The van der Waals surface area contributed by atoms with E-state index in [0.717, 1.165) is 31.9 Å². The number of rotatable bonds is 5. The summed E-state index contributed by atoms with van der Waals surface area (Å²) in [7, 11) is 1.84. The largest absolute Gasteiger partial charge is 0.326 e. The second kappa shape index (κ2) is 6.13. The molecular formula is C16H26N6O. The SMILES string of the molecule is CN1CCN(c2cnn(C3CN(CCN4CCCC4)C3)c2)C1=O. The van der Waals surface area contributed by atoms with Gasteiger partial charge in [0.1, 0.15) is 0 Å². The number of nitrogens with zero attached hydrogens (tertiary/aromatic N) is 6. The lowest BCUT2D eigenvalue weighted by atomic mass is 10.1. The molecule has 7 heteroatoms. The molecule has 1 aromatic rings. The molecule has 0 unspecified atom stereocenters. The fraction of sp³-hybridized carbons (Fsp3) is 0.750. The quantitative estimate of drug-likeness (QED) is 0.802. The van der Waals surface area contributed by atoms with Gasteiger partial charge in [0.15, 0.2) is 0 Å². The van der Waals surface area contributed by atoms with Crippen LogP contribution >= 0.6 is 0 Å². The highest BCUT2D eigenvalue weighted by atomic mass is 16.2. The predicted octanol–water partition coefficient (Wildman–Crippen LogP) is 0.707. The van der Waals surface area contributed by atoms with E-state index in [1.807, 2.05) is 29.0 Å². The van der Waals surface area contributed by atoms with Crippen LogP contribution in [0.1, 0.15) is 18.9 Å². The molecule has 0 bridgehead atoms. The van der Waals surface area contributed by atoms with Crippen molar-refractivity contribution in [2.75, 3.05) is 64.3 Å². The summed E-state index contributed by atoms with van der Waals surface area (Å²) in [6, 6.07) is 0.531. The van der Waals surface area contributed by atoms with Crippen LogP contribution in [0.15, 0.2) is 12.4 Å². The number of hydrogen-bond donors (Lipinski definition) is 0. The van der Waals surface area contributed by atoms with Gasteiger partial charge in [-0.1, -0.05) is 0 Å². The van der Waals surface area contributed by atoms with Crippen molar-refractivity contribution in [1.82, 2.24) is 24.5 Å². The van der Waals surface area contributed by atoms with Crippen molar-refractivity contribution in [2.45, 2.75) is 18.9 Å². The van der Waals surface area contributed by atoms with Crippen LogP contribution in [0.4, 0.5) is 10.5 Å². The number of likely N-dealkylation sites (tertiary alicyclic amines) is 2. The molecule has 4 rings (SSSR count). The van der Waals surface area contributed by atoms with Crippen molar-refractivity contribution < 1.29 is 4.79 Å². The average molecular weight is 318 g/mol. The molecule has 0 aliphatic carbocycles. The van der Waals surface area contributed by atoms with Crippen LogP contribution in [0.25, 0.3) is 0 Å². The molecule has 0 N–H and O–H groups in total. The van der Waals surface area contributed by atoms with E-state index in [1.165, 1.54) is 39.0 Å². The van der Waals surface area contributed by atoms with Crippen molar-refractivity contribution in [1.29, 1.82) is 0 Å². The lowest BCUT2D eigenvalue weighted by Gasteiger charge is -2.39. The van der Waals surface area contributed by atoms with E-state index in [2.05, 4.69) is 14.9 Å². The molecule has 0 spiro atoms. The van der Waals surface area contributed by atoms with Crippen molar-refractivity contribution in [2.24, 2.45) is 0 Å². The van der Waals surface area contributed by atoms with E-state index < -0.39 is 0 Å². The highest BCUT2D eigenvalue weighted by Gasteiger charge is 2.31. The smallest absolute Gasteiger partial charge is 0.324 e.